The summed E-state index contributed by atoms with van der Waals surface area (Å²) in [4.78, 5) is 6.95. The molecule has 1 unspecified atom stereocenters. The molecular formula is C27H30F3N5O3S. The second-order valence-corrected chi connectivity index (χ2v) is 10.8. The van der Waals surface area contributed by atoms with Crippen molar-refractivity contribution < 1.29 is 27.6 Å². The van der Waals surface area contributed by atoms with E-state index in [0.29, 0.717) is 28.7 Å². The first kappa shape index (κ1) is 28.5. The van der Waals surface area contributed by atoms with Crippen LogP contribution in [0.1, 0.15) is 16.7 Å². The van der Waals surface area contributed by atoms with Gasteiger partial charge in [0.05, 0.1) is 12.7 Å². The molecule has 0 saturated carbocycles. The Hall–Kier alpha value is -3.48. The number of methoxy groups -OCH3 is 1. The maximum Gasteiger partial charge on any atom is 0.416 e. The molecule has 0 saturated heterocycles. The zero-order valence-electron chi connectivity index (χ0n) is 21.6. The summed E-state index contributed by atoms with van der Waals surface area (Å²) in [5.41, 5.74) is 3.78. The lowest BCUT2D eigenvalue weighted by Gasteiger charge is -2.18. The Morgan fingerprint density at radius 1 is 1.05 bits per heavy atom. The maximum absolute atomic E-state index is 13.4. The number of hydrogen-bond acceptors (Lipinski definition) is 6. The first-order chi connectivity index (χ1) is 18.2. The van der Waals surface area contributed by atoms with E-state index in [-0.39, 0.29) is 11.0 Å². The predicted octanol–water partition coefficient (Wildman–Crippen LogP) is 4.12. The van der Waals surface area contributed by atoms with E-state index < -0.39 is 22.5 Å². The predicted molar refractivity (Wildman–Crippen MR) is 146 cm³/mol. The molecule has 1 aliphatic rings. The molecule has 0 aliphatic carbocycles. The summed E-state index contributed by atoms with van der Waals surface area (Å²) in [7, 11) is 0.620. The minimum atomic E-state index is -4.48. The highest BCUT2D eigenvalue weighted by molar-refractivity contribution is 7.84. The Balaban J connectivity index is 0.00000353. The summed E-state index contributed by atoms with van der Waals surface area (Å²) in [6.07, 6.45) is 0.771. The van der Waals surface area contributed by atoms with Gasteiger partial charge >= 0.3 is 6.18 Å². The number of benzene rings is 2. The van der Waals surface area contributed by atoms with Gasteiger partial charge in [-0.3, -0.25) is 4.21 Å². The van der Waals surface area contributed by atoms with Crippen molar-refractivity contribution in [1.82, 2.24) is 19.5 Å². The summed E-state index contributed by atoms with van der Waals surface area (Å²) in [5.74, 6) is 1.33. The lowest BCUT2D eigenvalue weighted by molar-refractivity contribution is -0.137. The molecule has 2 aromatic carbocycles. The molecule has 2 aromatic heterocycles. The van der Waals surface area contributed by atoms with E-state index in [4.69, 9.17) is 4.74 Å². The van der Waals surface area contributed by atoms with Gasteiger partial charge in [0.1, 0.15) is 5.75 Å². The smallest absolute Gasteiger partial charge is 0.416 e. The summed E-state index contributed by atoms with van der Waals surface area (Å²) in [6, 6.07) is 13.0. The Morgan fingerprint density at radius 2 is 1.82 bits per heavy atom. The van der Waals surface area contributed by atoms with E-state index in [1.807, 2.05) is 6.07 Å². The molecule has 3 N–H and O–H groups in total. The number of ether oxygens (including phenoxy) is 1. The van der Waals surface area contributed by atoms with Gasteiger partial charge in [0.2, 0.25) is 5.95 Å². The number of hydrogen-bond donors (Lipinski definition) is 1. The van der Waals surface area contributed by atoms with E-state index in [1.54, 1.807) is 24.6 Å². The van der Waals surface area contributed by atoms with Crippen molar-refractivity contribution in [3.63, 3.8) is 0 Å². The summed E-state index contributed by atoms with van der Waals surface area (Å²) in [6.45, 7) is 2.67. The molecule has 39 heavy (non-hydrogen) atoms. The van der Waals surface area contributed by atoms with Crippen LogP contribution >= 0.6 is 0 Å². The van der Waals surface area contributed by atoms with Crippen LogP contribution in [0.4, 0.5) is 24.8 Å². The van der Waals surface area contributed by atoms with Gasteiger partial charge in [0, 0.05) is 65.5 Å². The van der Waals surface area contributed by atoms with E-state index in [0.717, 1.165) is 50.3 Å². The van der Waals surface area contributed by atoms with E-state index in [1.165, 1.54) is 28.8 Å². The van der Waals surface area contributed by atoms with Crippen molar-refractivity contribution in [2.75, 3.05) is 44.1 Å². The molecule has 0 radical (unpaired) electrons. The van der Waals surface area contributed by atoms with E-state index in [2.05, 4.69) is 32.4 Å². The number of fused-ring (bicyclic) bond motifs is 2. The fourth-order valence-electron chi connectivity index (χ4n) is 4.72. The zero-order valence-corrected chi connectivity index (χ0v) is 22.4. The number of aromatic nitrogens is 3. The van der Waals surface area contributed by atoms with Gasteiger partial charge in [-0.25, -0.2) is 4.52 Å². The number of pyridine rings is 1. The van der Waals surface area contributed by atoms with Crippen LogP contribution in [-0.4, -0.2) is 67.9 Å². The van der Waals surface area contributed by atoms with Crippen LogP contribution in [0.5, 0.6) is 5.75 Å². The number of nitrogens with one attached hydrogen (secondary N) is 1. The normalized spacial score (nSPS) is 14.8. The Bertz CT molecular complexity index is 1490. The molecular weight excluding hydrogens is 531 g/mol. The average molecular weight is 562 g/mol. The van der Waals surface area contributed by atoms with Crippen molar-refractivity contribution in [2.45, 2.75) is 19.0 Å². The number of nitrogens with zero attached hydrogens (tertiary/aromatic N) is 4. The maximum atomic E-state index is 13.4. The molecule has 0 amide bonds. The average Bonchev–Trinajstić information content (AvgIpc) is 3.19. The minimum absolute atomic E-state index is 0. The number of anilines is 2. The van der Waals surface area contributed by atoms with Gasteiger partial charge < -0.3 is 20.4 Å². The molecule has 5 rings (SSSR count). The molecule has 1 aliphatic heterocycles. The quantitative estimate of drug-likeness (QED) is 0.364. The Kier molecular flexibility index (Phi) is 8.57. The van der Waals surface area contributed by atoms with Gasteiger partial charge in [-0.05, 0) is 66.4 Å². The van der Waals surface area contributed by atoms with Gasteiger partial charge in [-0.15, -0.1) is 5.10 Å². The van der Waals surface area contributed by atoms with Crippen LogP contribution in [0, 0.1) is 0 Å². The van der Waals surface area contributed by atoms with Gasteiger partial charge in [-0.1, -0.05) is 6.07 Å². The lowest BCUT2D eigenvalue weighted by Crippen LogP contribution is -2.30. The number of halogens is 3. The molecule has 0 bridgehead atoms. The third kappa shape index (κ3) is 6.40. The molecule has 0 fully saturated rings. The first-order valence-corrected chi connectivity index (χ1v) is 14.0. The highest BCUT2D eigenvalue weighted by atomic mass is 32.2. The van der Waals surface area contributed by atoms with Gasteiger partial charge in [0.15, 0.2) is 5.65 Å². The highest BCUT2D eigenvalue weighted by Gasteiger charge is 2.31. The second-order valence-electron chi connectivity index (χ2n) is 9.27. The van der Waals surface area contributed by atoms with Gasteiger partial charge in [-0.2, -0.15) is 18.2 Å². The molecule has 208 valence electrons. The lowest BCUT2D eigenvalue weighted by atomic mass is 10.0. The SMILES string of the molecule is COc1ccc(C(F)(F)F)cc1-c1cccn2nc(Nc3ccc4c(c3)CCN(CCS(C)=O)CC4)nc12.O. The van der Waals surface area contributed by atoms with Crippen molar-refractivity contribution >= 4 is 28.1 Å². The van der Waals surface area contributed by atoms with E-state index in [9.17, 15) is 17.4 Å². The summed E-state index contributed by atoms with van der Waals surface area (Å²) in [5, 5.41) is 7.75. The van der Waals surface area contributed by atoms with Crippen LogP contribution < -0.4 is 10.1 Å². The van der Waals surface area contributed by atoms with Crippen molar-refractivity contribution in [3.05, 3.63) is 71.4 Å². The number of rotatable bonds is 7. The standard InChI is InChI=1S/C27H28F3N5O2S.H2O/c1-37-24-8-6-20(27(28,29)30)17-23(24)22-4-3-11-35-25(22)32-26(33-35)31-21-7-5-18-9-12-34(14-15-38(2)36)13-10-19(18)16-21;/h3-8,11,16-17H,9-10,12-15H2,1-2H3,(H,31,33);1H2. The van der Waals surface area contributed by atoms with Crippen LogP contribution in [-0.2, 0) is 29.8 Å². The molecule has 1 atom stereocenters. The molecule has 0 spiro atoms. The van der Waals surface area contributed by atoms with Crippen molar-refractivity contribution in [2.24, 2.45) is 0 Å². The second kappa shape index (κ2) is 11.7. The van der Waals surface area contributed by atoms with Crippen LogP contribution in [0.3, 0.4) is 0 Å². The van der Waals surface area contributed by atoms with Crippen LogP contribution in [0.25, 0.3) is 16.8 Å². The largest absolute Gasteiger partial charge is 0.496 e. The van der Waals surface area contributed by atoms with Crippen LogP contribution in [0.15, 0.2) is 54.7 Å². The number of alkyl halides is 3. The first-order valence-electron chi connectivity index (χ1n) is 12.2. The molecule has 3 heterocycles. The Labute approximate surface area is 226 Å². The fraction of sp³-hybridized carbons (Fsp3) is 0.333. The van der Waals surface area contributed by atoms with Crippen molar-refractivity contribution in [3.8, 4) is 16.9 Å². The van der Waals surface area contributed by atoms with Crippen molar-refractivity contribution in [1.29, 1.82) is 0 Å². The monoisotopic (exact) mass is 561 g/mol. The third-order valence-electron chi connectivity index (χ3n) is 6.73. The highest BCUT2D eigenvalue weighted by Crippen LogP contribution is 2.38. The third-order valence-corrected chi connectivity index (χ3v) is 7.49. The van der Waals surface area contributed by atoms with Crippen LogP contribution in [0.2, 0.25) is 0 Å². The van der Waals surface area contributed by atoms with E-state index >= 15 is 0 Å². The zero-order chi connectivity index (χ0) is 26.9. The topological polar surface area (TPSA) is 103 Å². The summed E-state index contributed by atoms with van der Waals surface area (Å²) >= 11 is 0. The fourth-order valence-corrected chi connectivity index (χ4v) is 5.24. The molecule has 4 aromatic rings. The Morgan fingerprint density at radius 3 is 2.54 bits per heavy atom. The summed E-state index contributed by atoms with van der Waals surface area (Å²) < 4.78 is 58.6. The molecule has 8 nitrogen and oxygen atoms in total. The minimum Gasteiger partial charge on any atom is -0.496 e. The molecule has 12 heteroatoms. The van der Waals surface area contributed by atoms with Gasteiger partial charge in [0.25, 0.3) is 0 Å².